The summed E-state index contributed by atoms with van der Waals surface area (Å²) in [6.07, 6.45) is 3.82. The van der Waals surface area contributed by atoms with Gasteiger partial charge in [-0.25, -0.2) is 0 Å². The number of ether oxygens (including phenoxy) is 1. The minimum absolute atomic E-state index is 0.204. The number of methoxy groups -OCH3 is 1. The van der Waals surface area contributed by atoms with Gasteiger partial charge in [-0.15, -0.1) is 0 Å². The molecule has 1 saturated carbocycles. The number of benzene rings is 2. The summed E-state index contributed by atoms with van der Waals surface area (Å²) in [4.78, 5) is 20.0. The van der Waals surface area contributed by atoms with Crippen molar-refractivity contribution in [3.05, 3.63) is 98.8 Å². The first-order chi connectivity index (χ1) is 16.7. The van der Waals surface area contributed by atoms with Crippen LogP contribution in [0.4, 0.5) is 0 Å². The Balaban J connectivity index is 1.60. The fourth-order valence-electron chi connectivity index (χ4n) is 4.69. The predicted molar refractivity (Wildman–Crippen MR) is 135 cm³/mol. The summed E-state index contributed by atoms with van der Waals surface area (Å²) in [6.45, 7) is 2.38. The Morgan fingerprint density at radius 3 is 2.49 bits per heavy atom. The molecule has 0 radical (unpaired) electrons. The number of fused-ring (bicyclic) bond motifs is 1. The summed E-state index contributed by atoms with van der Waals surface area (Å²) in [5, 5.41) is 15.7. The van der Waals surface area contributed by atoms with Crippen molar-refractivity contribution in [3.63, 3.8) is 0 Å². The number of hydrogen-bond acceptors (Lipinski definition) is 5. The lowest BCUT2D eigenvalue weighted by Gasteiger charge is -2.38. The molecule has 6 nitrogen and oxygen atoms in total. The Morgan fingerprint density at radius 1 is 1.14 bits per heavy atom. The van der Waals surface area contributed by atoms with E-state index in [1.165, 1.54) is 0 Å². The minimum atomic E-state index is -1.19. The quantitative estimate of drug-likeness (QED) is 0.452. The summed E-state index contributed by atoms with van der Waals surface area (Å²) in [6, 6.07) is 16.8. The van der Waals surface area contributed by atoms with Crippen molar-refractivity contribution >= 4 is 29.1 Å². The third-order valence-electron chi connectivity index (χ3n) is 6.81. The standard InChI is InChI=1S/C27H27Cl2N3O3/c1-26(34,16-31-21-10-11-21)18-5-12-24-23(13-18)25(33)32(15-22-9-8-20(29)14-30-22)27(24,35-2)17-3-6-19(28)7-4-17/h3-9,12-14,21,31,34H,10-11,15-16H2,1-2H3/t26?,27-/m1/s1. The Kier molecular flexibility index (Phi) is 6.36. The Hall–Kier alpha value is -2.48. The molecule has 0 bridgehead atoms. The molecule has 1 amide bonds. The molecule has 2 heterocycles. The molecule has 2 atom stereocenters. The summed E-state index contributed by atoms with van der Waals surface area (Å²) in [5.41, 5.74) is 0.988. The van der Waals surface area contributed by atoms with E-state index in [9.17, 15) is 9.90 Å². The molecule has 2 N–H and O–H groups in total. The van der Waals surface area contributed by atoms with Crippen molar-refractivity contribution in [2.45, 2.75) is 43.7 Å². The molecular formula is C27H27Cl2N3O3. The molecule has 0 spiro atoms. The molecule has 1 unspecified atom stereocenters. The van der Waals surface area contributed by atoms with Crippen molar-refractivity contribution in [1.29, 1.82) is 0 Å². The minimum Gasteiger partial charge on any atom is -0.384 e. The second kappa shape index (κ2) is 9.19. The number of aliphatic hydroxyl groups is 1. The second-order valence-corrected chi connectivity index (χ2v) is 10.3. The molecule has 2 aliphatic rings. The fourth-order valence-corrected chi connectivity index (χ4v) is 4.93. The van der Waals surface area contributed by atoms with E-state index in [0.717, 1.165) is 18.4 Å². The second-order valence-electron chi connectivity index (χ2n) is 9.40. The monoisotopic (exact) mass is 511 g/mol. The number of pyridine rings is 1. The maximum Gasteiger partial charge on any atom is 0.257 e. The van der Waals surface area contributed by atoms with Crippen LogP contribution in [0.3, 0.4) is 0 Å². The van der Waals surface area contributed by atoms with Gasteiger partial charge in [0, 0.05) is 47.6 Å². The van der Waals surface area contributed by atoms with Gasteiger partial charge in [0.1, 0.15) is 0 Å². The van der Waals surface area contributed by atoms with Crippen LogP contribution in [0.5, 0.6) is 0 Å². The highest BCUT2D eigenvalue weighted by atomic mass is 35.5. The molecule has 1 aromatic heterocycles. The first-order valence-electron chi connectivity index (χ1n) is 11.6. The molecule has 0 saturated heterocycles. The molecule has 2 aromatic carbocycles. The van der Waals surface area contributed by atoms with Crippen LogP contribution in [0, 0.1) is 0 Å². The van der Waals surface area contributed by atoms with Gasteiger partial charge in [0.25, 0.3) is 5.91 Å². The van der Waals surface area contributed by atoms with Crippen LogP contribution in [0.2, 0.25) is 10.0 Å². The lowest BCUT2D eigenvalue weighted by Crippen LogP contribution is -2.45. The number of rotatable bonds is 8. The lowest BCUT2D eigenvalue weighted by molar-refractivity contribution is -0.0868. The molecular weight excluding hydrogens is 485 g/mol. The van der Waals surface area contributed by atoms with E-state index in [1.807, 2.05) is 24.3 Å². The van der Waals surface area contributed by atoms with Crippen LogP contribution < -0.4 is 5.32 Å². The van der Waals surface area contributed by atoms with Gasteiger partial charge in [0.2, 0.25) is 0 Å². The van der Waals surface area contributed by atoms with Crippen LogP contribution >= 0.6 is 23.2 Å². The number of amides is 1. The predicted octanol–water partition coefficient (Wildman–Crippen LogP) is 4.85. The van der Waals surface area contributed by atoms with Gasteiger partial charge in [-0.05, 0) is 55.7 Å². The van der Waals surface area contributed by atoms with Gasteiger partial charge in [-0.2, -0.15) is 0 Å². The Bertz CT molecular complexity index is 1240. The SMILES string of the molecule is CO[C@]1(c2ccc(Cl)cc2)c2ccc(C(C)(O)CNC3CC3)cc2C(=O)N1Cc1ccc(Cl)cn1. The molecule has 35 heavy (non-hydrogen) atoms. The average Bonchev–Trinajstić information content (AvgIpc) is 3.66. The van der Waals surface area contributed by atoms with Crippen molar-refractivity contribution < 1.29 is 14.6 Å². The number of nitrogens with zero attached hydrogens (tertiary/aromatic N) is 2. The number of aromatic nitrogens is 1. The van der Waals surface area contributed by atoms with Crippen molar-refractivity contribution in [1.82, 2.24) is 15.2 Å². The lowest BCUT2D eigenvalue weighted by atomic mass is 9.88. The van der Waals surface area contributed by atoms with E-state index in [4.69, 9.17) is 27.9 Å². The van der Waals surface area contributed by atoms with Crippen molar-refractivity contribution in [2.24, 2.45) is 0 Å². The first kappa shape index (κ1) is 24.2. The van der Waals surface area contributed by atoms with Crippen LogP contribution in [-0.2, 0) is 22.6 Å². The molecule has 1 fully saturated rings. The van der Waals surface area contributed by atoms with Gasteiger partial charge in [-0.3, -0.25) is 14.7 Å². The van der Waals surface area contributed by atoms with Crippen molar-refractivity contribution in [2.75, 3.05) is 13.7 Å². The van der Waals surface area contributed by atoms with Crippen LogP contribution in [0.25, 0.3) is 0 Å². The molecule has 182 valence electrons. The van der Waals surface area contributed by atoms with Crippen LogP contribution in [0.1, 0.15) is 52.5 Å². The maximum absolute atomic E-state index is 13.9. The Labute approximate surface area is 214 Å². The number of hydrogen-bond donors (Lipinski definition) is 2. The molecule has 8 heteroatoms. The van der Waals surface area contributed by atoms with Gasteiger partial charge >= 0.3 is 0 Å². The van der Waals surface area contributed by atoms with Gasteiger partial charge in [0.05, 0.1) is 22.9 Å². The molecule has 3 aromatic rings. The van der Waals surface area contributed by atoms with Crippen LogP contribution in [-0.4, -0.2) is 40.6 Å². The average molecular weight is 512 g/mol. The van der Waals surface area contributed by atoms with Gasteiger partial charge in [0.15, 0.2) is 5.72 Å². The fraction of sp³-hybridized carbons (Fsp3) is 0.333. The van der Waals surface area contributed by atoms with E-state index in [1.54, 1.807) is 55.5 Å². The summed E-state index contributed by atoms with van der Waals surface area (Å²) >= 11 is 12.2. The van der Waals surface area contributed by atoms with E-state index in [2.05, 4.69) is 10.3 Å². The number of carbonyl (C=O) groups is 1. The topological polar surface area (TPSA) is 74.7 Å². The van der Waals surface area contributed by atoms with Crippen molar-refractivity contribution in [3.8, 4) is 0 Å². The highest BCUT2D eigenvalue weighted by Gasteiger charge is 2.52. The maximum atomic E-state index is 13.9. The summed E-state index contributed by atoms with van der Waals surface area (Å²) in [5.74, 6) is -0.207. The third-order valence-corrected chi connectivity index (χ3v) is 7.29. The molecule has 1 aliphatic carbocycles. The normalized spacial score (nSPS) is 21.2. The third kappa shape index (κ3) is 4.46. The summed E-state index contributed by atoms with van der Waals surface area (Å²) in [7, 11) is 1.59. The zero-order valence-electron chi connectivity index (χ0n) is 19.6. The highest BCUT2D eigenvalue weighted by molar-refractivity contribution is 6.30. The summed E-state index contributed by atoms with van der Waals surface area (Å²) < 4.78 is 6.18. The first-order valence-corrected chi connectivity index (χ1v) is 12.3. The van der Waals surface area contributed by atoms with E-state index >= 15 is 0 Å². The largest absolute Gasteiger partial charge is 0.384 e. The van der Waals surface area contributed by atoms with E-state index < -0.39 is 11.3 Å². The zero-order valence-corrected chi connectivity index (χ0v) is 21.1. The Morgan fingerprint density at radius 2 is 1.86 bits per heavy atom. The number of carbonyl (C=O) groups excluding carboxylic acids is 1. The number of nitrogens with one attached hydrogen (secondary N) is 1. The van der Waals surface area contributed by atoms with Gasteiger partial charge in [-0.1, -0.05) is 47.5 Å². The smallest absolute Gasteiger partial charge is 0.257 e. The van der Waals surface area contributed by atoms with Crippen LogP contribution in [0.15, 0.2) is 60.8 Å². The van der Waals surface area contributed by atoms with E-state index in [-0.39, 0.29) is 12.5 Å². The van der Waals surface area contributed by atoms with Gasteiger partial charge < -0.3 is 15.2 Å². The highest BCUT2D eigenvalue weighted by Crippen LogP contribution is 2.46. The van der Waals surface area contributed by atoms with E-state index in [0.29, 0.717) is 45.0 Å². The molecule has 1 aliphatic heterocycles. The zero-order chi connectivity index (χ0) is 24.8. The molecule has 5 rings (SSSR count). The number of halogens is 2.